The fourth-order valence-electron chi connectivity index (χ4n) is 1.16. The lowest BCUT2D eigenvalue weighted by molar-refractivity contribution is 0.0913. The molecule has 2 N–H and O–H groups in total. The average Bonchev–Trinajstić information content (AvgIpc) is 2.60. The third kappa shape index (κ3) is 2.35. The molecule has 4 nitrogen and oxygen atoms in total. The highest BCUT2D eigenvalue weighted by molar-refractivity contribution is 5.95. The molecule has 1 aromatic rings. The van der Waals surface area contributed by atoms with Crippen molar-refractivity contribution < 1.29 is 14.3 Å². The predicted molar refractivity (Wildman–Crippen MR) is 52.1 cm³/mol. The standard InChI is InChI=1S/C10H15NO3/c1-3-8(6-12)11-10(13)9-4-5-14-7(9)2/h4-5,8,12H,3,6H2,1-2H3,(H,11,13)/t8-/m1/s1. The topological polar surface area (TPSA) is 62.5 Å². The van der Waals surface area contributed by atoms with Crippen molar-refractivity contribution in [1.82, 2.24) is 5.32 Å². The van der Waals surface area contributed by atoms with Crippen molar-refractivity contribution in [3.8, 4) is 0 Å². The molecule has 0 aliphatic heterocycles. The number of carbonyl (C=O) groups excluding carboxylic acids is 1. The second kappa shape index (κ2) is 4.81. The number of hydrogen-bond donors (Lipinski definition) is 2. The lowest BCUT2D eigenvalue weighted by Gasteiger charge is -2.13. The molecule has 1 atom stereocenters. The van der Waals surface area contributed by atoms with Gasteiger partial charge in [-0.2, -0.15) is 0 Å². The second-order valence-electron chi connectivity index (χ2n) is 3.15. The summed E-state index contributed by atoms with van der Waals surface area (Å²) in [5, 5.41) is 11.6. The van der Waals surface area contributed by atoms with Gasteiger partial charge in [-0.15, -0.1) is 0 Å². The summed E-state index contributed by atoms with van der Waals surface area (Å²) in [6.45, 7) is 3.59. The number of hydrogen-bond acceptors (Lipinski definition) is 3. The van der Waals surface area contributed by atoms with Gasteiger partial charge in [0.15, 0.2) is 0 Å². The van der Waals surface area contributed by atoms with Crippen LogP contribution in [0.5, 0.6) is 0 Å². The Morgan fingerprint density at radius 3 is 2.86 bits per heavy atom. The van der Waals surface area contributed by atoms with Crippen LogP contribution in [0.2, 0.25) is 0 Å². The summed E-state index contributed by atoms with van der Waals surface area (Å²) in [6.07, 6.45) is 2.18. The second-order valence-corrected chi connectivity index (χ2v) is 3.15. The molecule has 78 valence electrons. The molecule has 0 aromatic carbocycles. The molecule has 14 heavy (non-hydrogen) atoms. The van der Waals surface area contributed by atoms with Gasteiger partial charge in [0, 0.05) is 0 Å². The summed E-state index contributed by atoms with van der Waals surface area (Å²) in [5.41, 5.74) is 0.525. The Bertz CT molecular complexity index is 302. The molecule has 0 fully saturated rings. The molecule has 0 aliphatic carbocycles. The Kier molecular flexibility index (Phi) is 3.71. The summed E-state index contributed by atoms with van der Waals surface area (Å²) < 4.78 is 5.01. The van der Waals surface area contributed by atoms with E-state index in [0.29, 0.717) is 17.7 Å². The number of nitrogens with one attached hydrogen (secondary N) is 1. The molecule has 0 aliphatic rings. The molecule has 0 saturated carbocycles. The van der Waals surface area contributed by atoms with Crippen LogP contribution in [0.15, 0.2) is 16.7 Å². The molecule has 0 unspecified atom stereocenters. The van der Waals surface area contributed by atoms with E-state index < -0.39 is 0 Å². The van der Waals surface area contributed by atoms with E-state index in [-0.39, 0.29) is 18.6 Å². The summed E-state index contributed by atoms with van der Waals surface area (Å²) in [6, 6.07) is 1.44. The van der Waals surface area contributed by atoms with Crippen LogP contribution in [0.4, 0.5) is 0 Å². The van der Waals surface area contributed by atoms with Crippen LogP contribution in [-0.4, -0.2) is 23.7 Å². The van der Waals surface area contributed by atoms with Crippen LogP contribution in [0.25, 0.3) is 0 Å². The predicted octanol–water partition coefficient (Wildman–Crippen LogP) is 1.09. The van der Waals surface area contributed by atoms with Crippen molar-refractivity contribution >= 4 is 5.91 Å². The van der Waals surface area contributed by atoms with E-state index in [9.17, 15) is 4.79 Å². The van der Waals surface area contributed by atoms with Gasteiger partial charge < -0.3 is 14.8 Å². The maximum absolute atomic E-state index is 11.6. The quantitative estimate of drug-likeness (QED) is 0.759. The van der Waals surface area contributed by atoms with Gasteiger partial charge in [0.25, 0.3) is 5.91 Å². The van der Waals surface area contributed by atoms with E-state index in [1.165, 1.54) is 6.26 Å². The number of aliphatic hydroxyl groups is 1. The highest BCUT2D eigenvalue weighted by Gasteiger charge is 2.14. The number of aryl methyl sites for hydroxylation is 1. The van der Waals surface area contributed by atoms with Crippen molar-refractivity contribution in [2.45, 2.75) is 26.3 Å². The zero-order valence-electron chi connectivity index (χ0n) is 8.41. The molecule has 1 rings (SSSR count). The van der Waals surface area contributed by atoms with Crippen LogP contribution in [0.1, 0.15) is 29.5 Å². The Morgan fingerprint density at radius 2 is 2.43 bits per heavy atom. The zero-order chi connectivity index (χ0) is 10.6. The molecular formula is C10H15NO3. The van der Waals surface area contributed by atoms with Gasteiger partial charge in [-0.3, -0.25) is 4.79 Å². The Labute approximate surface area is 82.9 Å². The summed E-state index contributed by atoms with van der Waals surface area (Å²) in [5.74, 6) is 0.396. The van der Waals surface area contributed by atoms with Gasteiger partial charge in [0.2, 0.25) is 0 Å². The van der Waals surface area contributed by atoms with E-state index in [4.69, 9.17) is 9.52 Å². The van der Waals surface area contributed by atoms with E-state index in [1.807, 2.05) is 6.92 Å². The molecule has 0 saturated heterocycles. The van der Waals surface area contributed by atoms with Crippen molar-refractivity contribution in [2.24, 2.45) is 0 Å². The van der Waals surface area contributed by atoms with Crippen LogP contribution in [-0.2, 0) is 0 Å². The fraction of sp³-hybridized carbons (Fsp3) is 0.500. The van der Waals surface area contributed by atoms with Gasteiger partial charge in [-0.05, 0) is 19.4 Å². The van der Waals surface area contributed by atoms with Crippen LogP contribution < -0.4 is 5.32 Å². The van der Waals surface area contributed by atoms with Crippen molar-refractivity contribution in [1.29, 1.82) is 0 Å². The SMILES string of the molecule is CC[C@H](CO)NC(=O)c1ccoc1C. The summed E-state index contributed by atoms with van der Waals surface area (Å²) in [7, 11) is 0. The third-order valence-electron chi connectivity index (χ3n) is 2.15. The van der Waals surface area contributed by atoms with Crippen LogP contribution in [0.3, 0.4) is 0 Å². The molecule has 0 bridgehead atoms. The van der Waals surface area contributed by atoms with Gasteiger partial charge in [-0.1, -0.05) is 6.92 Å². The van der Waals surface area contributed by atoms with Crippen molar-refractivity contribution in [2.75, 3.05) is 6.61 Å². The number of rotatable bonds is 4. The lowest BCUT2D eigenvalue weighted by atomic mass is 10.2. The summed E-state index contributed by atoms with van der Waals surface area (Å²) in [4.78, 5) is 11.6. The fourth-order valence-corrected chi connectivity index (χ4v) is 1.16. The molecule has 1 amide bonds. The van der Waals surface area contributed by atoms with Crippen LogP contribution >= 0.6 is 0 Å². The first-order valence-corrected chi connectivity index (χ1v) is 4.64. The minimum Gasteiger partial charge on any atom is -0.469 e. The van der Waals surface area contributed by atoms with E-state index in [1.54, 1.807) is 13.0 Å². The van der Waals surface area contributed by atoms with E-state index >= 15 is 0 Å². The Hall–Kier alpha value is -1.29. The van der Waals surface area contributed by atoms with Crippen molar-refractivity contribution in [3.05, 3.63) is 23.7 Å². The van der Waals surface area contributed by atoms with Gasteiger partial charge in [0.1, 0.15) is 5.76 Å². The minimum absolute atomic E-state index is 0.0425. The maximum Gasteiger partial charge on any atom is 0.255 e. The normalized spacial score (nSPS) is 12.5. The van der Waals surface area contributed by atoms with E-state index in [2.05, 4.69) is 5.32 Å². The number of carbonyl (C=O) groups is 1. The number of aliphatic hydroxyl groups excluding tert-OH is 1. The highest BCUT2D eigenvalue weighted by atomic mass is 16.3. The monoisotopic (exact) mass is 197 g/mol. The van der Waals surface area contributed by atoms with Gasteiger partial charge in [0.05, 0.1) is 24.5 Å². The maximum atomic E-state index is 11.6. The first-order valence-electron chi connectivity index (χ1n) is 4.64. The Balaban J connectivity index is 2.63. The molecular weight excluding hydrogens is 182 g/mol. The first kappa shape index (κ1) is 10.8. The third-order valence-corrected chi connectivity index (χ3v) is 2.15. The highest BCUT2D eigenvalue weighted by Crippen LogP contribution is 2.08. The smallest absolute Gasteiger partial charge is 0.255 e. The van der Waals surface area contributed by atoms with Gasteiger partial charge in [-0.25, -0.2) is 0 Å². The van der Waals surface area contributed by atoms with Crippen LogP contribution in [0, 0.1) is 6.92 Å². The minimum atomic E-state index is -0.197. The molecule has 0 spiro atoms. The number of furan rings is 1. The molecule has 1 aromatic heterocycles. The Morgan fingerprint density at radius 1 is 1.71 bits per heavy atom. The molecule has 0 radical (unpaired) electrons. The number of amides is 1. The largest absolute Gasteiger partial charge is 0.469 e. The first-order chi connectivity index (χ1) is 6.69. The van der Waals surface area contributed by atoms with Crippen molar-refractivity contribution in [3.63, 3.8) is 0 Å². The summed E-state index contributed by atoms with van der Waals surface area (Å²) >= 11 is 0. The molecule has 4 heteroatoms. The average molecular weight is 197 g/mol. The zero-order valence-corrected chi connectivity index (χ0v) is 8.41. The molecule has 1 heterocycles. The van der Waals surface area contributed by atoms with Gasteiger partial charge >= 0.3 is 0 Å². The van der Waals surface area contributed by atoms with E-state index in [0.717, 1.165) is 0 Å². The lowest BCUT2D eigenvalue weighted by Crippen LogP contribution is -2.36.